The molecule has 0 spiro atoms. The summed E-state index contributed by atoms with van der Waals surface area (Å²) in [6, 6.07) is 0. The fourth-order valence-electron chi connectivity index (χ4n) is 1.00. The highest BCUT2D eigenvalue weighted by atomic mass is 15.5. The van der Waals surface area contributed by atoms with Crippen LogP contribution < -0.4 is 0 Å². The fourth-order valence-corrected chi connectivity index (χ4v) is 1.00. The molecule has 1 aromatic heterocycles. The zero-order valence-corrected chi connectivity index (χ0v) is 5.77. The Balaban J connectivity index is 1.79. The molecule has 2 rings (SSSR count). The summed E-state index contributed by atoms with van der Waals surface area (Å²) in [6.45, 7) is 0.984. The predicted molar refractivity (Wildman–Crippen MR) is 35.2 cm³/mol. The van der Waals surface area contributed by atoms with Gasteiger partial charge in [0.1, 0.15) is 6.33 Å². The fraction of sp³-hybridized carbons (Fsp3) is 0.833. The Morgan fingerprint density at radius 2 is 2.40 bits per heavy atom. The van der Waals surface area contributed by atoms with Crippen molar-refractivity contribution in [2.45, 2.75) is 25.8 Å². The van der Waals surface area contributed by atoms with Gasteiger partial charge >= 0.3 is 0 Å². The molecular formula is C6H10N4. The molecule has 0 amide bonds. The summed E-state index contributed by atoms with van der Waals surface area (Å²) >= 11 is 0. The standard InChI is InChI=1S/C6H10N4/c1-2-6(1)3-4-10-5-7-8-9-10/h5-6H,1-4H2. The first-order chi connectivity index (χ1) is 4.95. The van der Waals surface area contributed by atoms with Gasteiger partial charge in [-0.25, -0.2) is 4.68 Å². The number of hydrogen-bond donors (Lipinski definition) is 0. The lowest BCUT2D eigenvalue weighted by molar-refractivity contribution is 0.531. The SMILES string of the molecule is c1nnnn1CCC1CC1. The van der Waals surface area contributed by atoms with E-state index in [0.29, 0.717) is 0 Å². The lowest BCUT2D eigenvalue weighted by Crippen LogP contribution is -1.99. The Kier molecular flexibility index (Phi) is 1.38. The van der Waals surface area contributed by atoms with Crippen LogP contribution in [0.2, 0.25) is 0 Å². The van der Waals surface area contributed by atoms with E-state index in [0.717, 1.165) is 12.5 Å². The second kappa shape index (κ2) is 2.36. The summed E-state index contributed by atoms with van der Waals surface area (Å²) in [4.78, 5) is 0. The van der Waals surface area contributed by atoms with E-state index in [1.807, 2.05) is 0 Å². The van der Waals surface area contributed by atoms with Gasteiger partial charge in [-0.3, -0.25) is 0 Å². The van der Waals surface area contributed by atoms with Gasteiger partial charge in [0.25, 0.3) is 0 Å². The van der Waals surface area contributed by atoms with Gasteiger partial charge in [-0.2, -0.15) is 0 Å². The minimum Gasteiger partial charge on any atom is -0.233 e. The van der Waals surface area contributed by atoms with E-state index in [-0.39, 0.29) is 0 Å². The topological polar surface area (TPSA) is 43.6 Å². The first-order valence-electron chi connectivity index (χ1n) is 3.66. The van der Waals surface area contributed by atoms with Crippen LogP contribution in [0.25, 0.3) is 0 Å². The van der Waals surface area contributed by atoms with Crippen molar-refractivity contribution in [3.8, 4) is 0 Å². The third kappa shape index (κ3) is 1.32. The summed E-state index contributed by atoms with van der Waals surface area (Å²) in [6.07, 6.45) is 5.72. The number of nitrogens with zero attached hydrogens (tertiary/aromatic N) is 4. The average Bonchev–Trinajstić information content (AvgIpc) is 2.63. The van der Waals surface area contributed by atoms with Crippen LogP contribution >= 0.6 is 0 Å². The monoisotopic (exact) mass is 138 g/mol. The van der Waals surface area contributed by atoms with E-state index in [2.05, 4.69) is 15.5 Å². The molecule has 0 N–H and O–H groups in total. The zero-order valence-electron chi connectivity index (χ0n) is 5.77. The van der Waals surface area contributed by atoms with Crippen molar-refractivity contribution in [3.05, 3.63) is 6.33 Å². The molecule has 1 fully saturated rings. The van der Waals surface area contributed by atoms with Crippen LogP contribution in [0.1, 0.15) is 19.3 Å². The van der Waals surface area contributed by atoms with Crippen molar-refractivity contribution in [1.82, 2.24) is 20.2 Å². The third-order valence-corrected chi connectivity index (χ3v) is 1.85. The number of aryl methyl sites for hydroxylation is 1. The van der Waals surface area contributed by atoms with E-state index in [1.165, 1.54) is 19.3 Å². The molecule has 0 unspecified atom stereocenters. The van der Waals surface area contributed by atoms with Crippen LogP contribution in [-0.2, 0) is 6.54 Å². The van der Waals surface area contributed by atoms with Gasteiger partial charge in [-0.1, -0.05) is 12.8 Å². The van der Waals surface area contributed by atoms with Gasteiger partial charge in [-0.15, -0.1) is 5.10 Å². The summed E-state index contributed by atoms with van der Waals surface area (Å²) in [5, 5.41) is 10.9. The highest BCUT2D eigenvalue weighted by Crippen LogP contribution is 2.32. The third-order valence-electron chi connectivity index (χ3n) is 1.85. The van der Waals surface area contributed by atoms with Gasteiger partial charge in [0.05, 0.1) is 0 Å². The molecule has 10 heavy (non-hydrogen) atoms. The molecule has 1 aliphatic carbocycles. The smallest absolute Gasteiger partial charge is 0.138 e. The van der Waals surface area contributed by atoms with E-state index in [9.17, 15) is 0 Å². The van der Waals surface area contributed by atoms with Crippen molar-refractivity contribution in [2.24, 2.45) is 5.92 Å². The molecule has 0 radical (unpaired) electrons. The van der Waals surface area contributed by atoms with Gasteiger partial charge in [0.15, 0.2) is 0 Å². The van der Waals surface area contributed by atoms with Crippen LogP contribution in [0.15, 0.2) is 6.33 Å². The molecule has 1 saturated carbocycles. The van der Waals surface area contributed by atoms with Crippen LogP contribution in [0.3, 0.4) is 0 Å². The second-order valence-electron chi connectivity index (χ2n) is 2.80. The number of aromatic nitrogens is 4. The molecular weight excluding hydrogens is 128 g/mol. The predicted octanol–water partition coefficient (Wildman–Crippen LogP) is 0.473. The first kappa shape index (κ1) is 5.82. The Morgan fingerprint density at radius 3 is 3.00 bits per heavy atom. The summed E-state index contributed by atoms with van der Waals surface area (Å²) in [5.74, 6) is 0.962. The van der Waals surface area contributed by atoms with E-state index in [4.69, 9.17) is 0 Å². The van der Waals surface area contributed by atoms with E-state index < -0.39 is 0 Å². The highest BCUT2D eigenvalue weighted by molar-refractivity contribution is 4.72. The van der Waals surface area contributed by atoms with Crippen LogP contribution in [0.4, 0.5) is 0 Å². The van der Waals surface area contributed by atoms with Crippen molar-refractivity contribution in [2.75, 3.05) is 0 Å². The van der Waals surface area contributed by atoms with Crippen molar-refractivity contribution >= 4 is 0 Å². The lowest BCUT2D eigenvalue weighted by atomic mass is 10.3. The summed E-state index contributed by atoms with van der Waals surface area (Å²) in [7, 11) is 0. The van der Waals surface area contributed by atoms with Crippen molar-refractivity contribution < 1.29 is 0 Å². The number of hydrogen-bond acceptors (Lipinski definition) is 3. The average molecular weight is 138 g/mol. The first-order valence-corrected chi connectivity index (χ1v) is 3.66. The lowest BCUT2D eigenvalue weighted by Gasteiger charge is -1.94. The largest absolute Gasteiger partial charge is 0.233 e. The van der Waals surface area contributed by atoms with Crippen LogP contribution in [0, 0.1) is 5.92 Å². The van der Waals surface area contributed by atoms with Crippen LogP contribution in [-0.4, -0.2) is 20.2 Å². The normalized spacial score (nSPS) is 17.6. The van der Waals surface area contributed by atoms with Crippen LogP contribution in [0.5, 0.6) is 0 Å². The molecule has 4 nitrogen and oxygen atoms in total. The summed E-state index contributed by atoms with van der Waals surface area (Å²) < 4.78 is 1.79. The maximum Gasteiger partial charge on any atom is 0.138 e. The molecule has 0 saturated heterocycles. The Bertz CT molecular complexity index is 190. The van der Waals surface area contributed by atoms with E-state index >= 15 is 0 Å². The molecule has 0 aromatic carbocycles. The molecule has 0 atom stereocenters. The minimum absolute atomic E-state index is 0.962. The minimum atomic E-state index is 0.962. The molecule has 1 heterocycles. The van der Waals surface area contributed by atoms with Crippen molar-refractivity contribution in [3.63, 3.8) is 0 Å². The Morgan fingerprint density at radius 1 is 1.50 bits per heavy atom. The Labute approximate surface area is 59.2 Å². The molecule has 4 heteroatoms. The van der Waals surface area contributed by atoms with Gasteiger partial charge in [0, 0.05) is 6.54 Å². The van der Waals surface area contributed by atoms with Gasteiger partial charge < -0.3 is 0 Å². The zero-order chi connectivity index (χ0) is 6.81. The molecule has 0 aliphatic heterocycles. The van der Waals surface area contributed by atoms with Gasteiger partial charge in [-0.05, 0) is 22.8 Å². The summed E-state index contributed by atoms with van der Waals surface area (Å²) in [5.41, 5.74) is 0. The molecule has 0 bridgehead atoms. The maximum absolute atomic E-state index is 3.77. The second-order valence-corrected chi connectivity index (χ2v) is 2.80. The number of rotatable bonds is 3. The van der Waals surface area contributed by atoms with Gasteiger partial charge in [0.2, 0.25) is 0 Å². The molecule has 54 valence electrons. The maximum atomic E-state index is 3.77. The highest BCUT2D eigenvalue weighted by Gasteiger charge is 2.20. The Hall–Kier alpha value is -0.930. The van der Waals surface area contributed by atoms with Crippen molar-refractivity contribution in [1.29, 1.82) is 0 Å². The molecule has 1 aliphatic rings. The van der Waals surface area contributed by atoms with E-state index in [1.54, 1.807) is 11.0 Å². The molecule has 1 aromatic rings. The quantitative estimate of drug-likeness (QED) is 0.610. The number of tetrazole rings is 1.